The average molecular weight is 278 g/mol. The van der Waals surface area contributed by atoms with E-state index in [4.69, 9.17) is 0 Å². The Labute approximate surface area is 75.0 Å². The summed E-state index contributed by atoms with van der Waals surface area (Å²) < 4.78 is 3.68. The first-order chi connectivity index (χ1) is 4.04. The van der Waals surface area contributed by atoms with Crippen molar-refractivity contribution in [3.05, 3.63) is 0 Å². The Hall–Kier alpha value is 0.780. The molecule has 0 unspecified atom stereocenters. The van der Waals surface area contributed by atoms with Gasteiger partial charge in [0.15, 0.2) is 0 Å². The highest BCUT2D eigenvalue weighted by Crippen LogP contribution is 2.37. The number of thioether (sulfide) groups is 1. The van der Waals surface area contributed by atoms with Crippen molar-refractivity contribution < 1.29 is 9.53 Å². The smallest absolute Gasteiger partial charge is 0.344 e. The van der Waals surface area contributed by atoms with Gasteiger partial charge in [0, 0.05) is 0 Å². The molecule has 0 aromatic rings. The summed E-state index contributed by atoms with van der Waals surface area (Å²) in [5, 5.41) is 0. The van der Waals surface area contributed by atoms with Gasteiger partial charge in [-0.05, 0) is 38.1 Å². The molecular formula is C4H6Br2O2S. The van der Waals surface area contributed by atoms with Gasteiger partial charge in [0.25, 0.3) is 0 Å². The second-order valence-electron chi connectivity index (χ2n) is 1.21. The van der Waals surface area contributed by atoms with Crippen LogP contribution < -0.4 is 0 Å². The van der Waals surface area contributed by atoms with Crippen LogP contribution in [0.3, 0.4) is 0 Å². The van der Waals surface area contributed by atoms with E-state index < -0.39 is 2.57 Å². The molecule has 0 fully saturated rings. The molecule has 0 atom stereocenters. The molecule has 0 aliphatic heterocycles. The Morgan fingerprint density at radius 3 is 2.22 bits per heavy atom. The fourth-order valence-electron chi connectivity index (χ4n) is 0.202. The number of hydrogen-bond donors (Lipinski definition) is 0. The van der Waals surface area contributed by atoms with Crippen LogP contribution in [0.2, 0.25) is 0 Å². The molecule has 0 aliphatic carbocycles. The summed E-state index contributed by atoms with van der Waals surface area (Å²) >= 11 is 7.54. The molecule has 0 amide bonds. The highest BCUT2D eigenvalue weighted by Gasteiger charge is 2.32. The number of methoxy groups -OCH3 is 1. The van der Waals surface area contributed by atoms with Gasteiger partial charge < -0.3 is 4.74 Å². The van der Waals surface area contributed by atoms with Crippen LogP contribution in [0.25, 0.3) is 0 Å². The van der Waals surface area contributed by atoms with Crippen molar-refractivity contribution in [2.45, 2.75) is 2.57 Å². The minimum atomic E-state index is -0.769. The van der Waals surface area contributed by atoms with E-state index in [1.165, 1.54) is 18.9 Å². The standard InChI is InChI=1S/C4H6Br2O2S/c1-8-3(7)4(5,6)9-2/h1-2H3. The molecule has 2 nitrogen and oxygen atoms in total. The number of hydrogen-bond acceptors (Lipinski definition) is 3. The second kappa shape index (κ2) is 3.83. The second-order valence-corrected chi connectivity index (χ2v) is 6.73. The molecule has 0 saturated heterocycles. The van der Waals surface area contributed by atoms with Crippen LogP contribution >= 0.6 is 43.6 Å². The third-order valence-electron chi connectivity index (χ3n) is 0.679. The quantitative estimate of drug-likeness (QED) is 0.570. The number of halogens is 2. The Bertz CT molecular complexity index is 115. The Morgan fingerprint density at radius 1 is 1.67 bits per heavy atom. The highest BCUT2D eigenvalue weighted by molar-refractivity contribution is 9.28. The van der Waals surface area contributed by atoms with Crippen molar-refractivity contribution in [2.75, 3.05) is 13.4 Å². The zero-order chi connectivity index (χ0) is 7.49. The van der Waals surface area contributed by atoms with Gasteiger partial charge in [-0.15, -0.1) is 11.8 Å². The Kier molecular flexibility index (Phi) is 4.16. The highest BCUT2D eigenvalue weighted by atomic mass is 79.9. The first-order valence-electron chi connectivity index (χ1n) is 2.06. The monoisotopic (exact) mass is 276 g/mol. The lowest BCUT2D eigenvalue weighted by molar-refractivity contribution is -0.138. The van der Waals surface area contributed by atoms with Crippen LogP contribution in [0.5, 0.6) is 0 Å². The van der Waals surface area contributed by atoms with E-state index in [1.807, 2.05) is 0 Å². The Balaban J connectivity index is 3.97. The summed E-state index contributed by atoms with van der Waals surface area (Å²) in [6, 6.07) is 0. The predicted molar refractivity (Wildman–Crippen MR) is 46.1 cm³/mol. The van der Waals surface area contributed by atoms with Crippen molar-refractivity contribution in [1.29, 1.82) is 0 Å². The number of carbonyl (C=O) groups excluding carboxylic acids is 1. The number of esters is 1. The minimum absolute atomic E-state index is 0.338. The van der Waals surface area contributed by atoms with Crippen LogP contribution in [0, 0.1) is 0 Å². The molecular weight excluding hydrogens is 272 g/mol. The summed E-state index contributed by atoms with van der Waals surface area (Å²) in [6.45, 7) is 0. The van der Waals surface area contributed by atoms with E-state index in [9.17, 15) is 4.79 Å². The van der Waals surface area contributed by atoms with E-state index in [0.717, 1.165) is 0 Å². The van der Waals surface area contributed by atoms with Crippen molar-refractivity contribution in [1.82, 2.24) is 0 Å². The van der Waals surface area contributed by atoms with Crippen molar-refractivity contribution in [2.24, 2.45) is 0 Å². The van der Waals surface area contributed by atoms with Crippen LogP contribution in [0.15, 0.2) is 0 Å². The van der Waals surface area contributed by atoms with Crippen LogP contribution in [-0.4, -0.2) is 21.9 Å². The van der Waals surface area contributed by atoms with Gasteiger partial charge in [-0.3, -0.25) is 0 Å². The van der Waals surface area contributed by atoms with Crippen molar-refractivity contribution in [3.63, 3.8) is 0 Å². The van der Waals surface area contributed by atoms with E-state index in [2.05, 4.69) is 36.6 Å². The van der Waals surface area contributed by atoms with Gasteiger partial charge in [-0.25, -0.2) is 4.79 Å². The fourth-order valence-corrected chi connectivity index (χ4v) is 0.776. The molecule has 5 heteroatoms. The number of ether oxygens (including phenoxy) is 1. The Morgan fingerprint density at radius 2 is 2.11 bits per heavy atom. The van der Waals surface area contributed by atoms with E-state index in [1.54, 1.807) is 6.26 Å². The summed E-state index contributed by atoms with van der Waals surface area (Å²) in [5.41, 5.74) is 0. The minimum Gasteiger partial charge on any atom is -0.467 e. The van der Waals surface area contributed by atoms with Gasteiger partial charge in [0.05, 0.1) is 7.11 Å². The van der Waals surface area contributed by atoms with Gasteiger partial charge in [0.2, 0.25) is 2.57 Å². The third kappa shape index (κ3) is 2.91. The normalized spacial score (nSPS) is 11.1. The fraction of sp³-hybridized carbons (Fsp3) is 0.750. The summed E-state index contributed by atoms with van der Waals surface area (Å²) in [5.74, 6) is -0.338. The first kappa shape index (κ1) is 9.78. The van der Waals surface area contributed by atoms with E-state index >= 15 is 0 Å². The maximum absolute atomic E-state index is 10.7. The molecule has 0 aromatic carbocycles. The first-order valence-corrected chi connectivity index (χ1v) is 4.87. The lowest BCUT2D eigenvalue weighted by Gasteiger charge is -2.12. The lowest BCUT2D eigenvalue weighted by atomic mass is 10.8. The predicted octanol–water partition coefficient (Wildman–Crippen LogP) is 1.97. The van der Waals surface area contributed by atoms with E-state index in [-0.39, 0.29) is 5.97 Å². The third-order valence-corrected chi connectivity index (χ3v) is 3.95. The number of carbonyl (C=O) groups is 1. The molecule has 0 saturated carbocycles. The van der Waals surface area contributed by atoms with Crippen LogP contribution in [0.1, 0.15) is 0 Å². The van der Waals surface area contributed by atoms with Crippen molar-refractivity contribution in [3.8, 4) is 0 Å². The molecule has 0 radical (unpaired) electrons. The zero-order valence-corrected chi connectivity index (χ0v) is 8.97. The molecule has 0 rings (SSSR count). The molecule has 0 aliphatic rings. The summed E-state index contributed by atoms with van der Waals surface area (Å²) in [7, 11) is 1.34. The molecule has 0 spiro atoms. The largest absolute Gasteiger partial charge is 0.467 e. The molecule has 0 bridgehead atoms. The maximum Gasteiger partial charge on any atom is 0.344 e. The topological polar surface area (TPSA) is 26.3 Å². The van der Waals surface area contributed by atoms with Crippen LogP contribution in [-0.2, 0) is 9.53 Å². The SMILES string of the molecule is COC(=O)C(Br)(Br)SC. The zero-order valence-electron chi connectivity index (χ0n) is 4.98. The van der Waals surface area contributed by atoms with Gasteiger partial charge in [-0.1, -0.05) is 0 Å². The van der Waals surface area contributed by atoms with Crippen molar-refractivity contribution >= 4 is 49.6 Å². The molecule has 9 heavy (non-hydrogen) atoms. The molecule has 0 aromatic heterocycles. The average Bonchev–Trinajstić information content (AvgIpc) is 1.86. The summed E-state index contributed by atoms with van der Waals surface area (Å²) in [4.78, 5) is 10.7. The summed E-state index contributed by atoms with van der Waals surface area (Å²) in [6.07, 6.45) is 1.79. The lowest BCUT2D eigenvalue weighted by Crippen LogP contribution is -2.21. The molecule has 54 valence electrons. The maximum atomic E-state index is 10.7. The molecule has 0 N–H and O–H groups in total. The van der Waals surface area contributed by atoms with E-state index in [0.29, 0.717) is 0 Å². The van der Waals surface area contributed by atoms with Crippen LogP contribution in [0.4, 0.5) is 0 Å². The van der Waals surface area contributed by atoms with Gasteiger partial charge >= 0.3 is 5.97 Å². The van der Waals surface area contributed by atoms with Gasteiger partial charge in [-0.2, -0.15) is 0 Å². The number of alkyl halides is 2. The molecule has 0 heterocycles. The van der Waals surface area contributed by atoms with Gasteiger partial charge in [0.1, 0.15) is 0 Å². The number of rotatable bonds is 2.